The lowest BCUT2D eigenvalue weighted by molar-refractivity contribution is -0.121. The van der Waals surface area contributed by atoms with Gasteiger partial charge < -0.3 is 15.6 Å². The third-order valence-corrected chi connectivity index (χ3v) is 5.22. The smallest absolute Gasteiger partial charge is 0.267 e. The summed E-state index contributed by atoms with van der Waals surface area (Å²) >= 11 is 0. The Hall–Kier alpha value is -3.08. The van der Waals surface area contributed by atoms with Crippen LogP contribution in [0.25, 0.3) is 10.9 Å². The summed E-state index contributed by atoms with van der Waals surface area (Å²) in [6, 6.07) is 17.6. The first-order valence-electron chi connectivity index (χ1n) is 9.33. The van der Waals surface area contributed by atoms with Crippen LogP contribution in [0, 0.1) is 6.92 Å². The molecule has 0 radical (unpaired) electrons. The molecule has 2 atom stereocenters. The van der Waals surface area contributed by atoms with Gasteiger partial charge in [-0.05, 0) is 37.0 Å². The lowest BCUT2D eigenvalue weighted by atomic mass is 10.0. The molecule has 0 bridgehead atoms. The van der Waals surface area contributed by atoms with Crippen LogP contribution in [-0.4, -0.2) is 22.8 Å². The second-order valence-electron chi connectivity index (χ2n) is 7.20. The maximum atomic E-state index is 12.7. The Morgan fingerprint density at radius 2 is 1.89 bits per heavy atom. The van der Waals surface area contributed by atoms with Crippen LogP contribution in [0.2, 0.25) is 0 Å². The van der Waals surface area contributed by atoms with E-state index in [1.165, 1.54) is 0 Å². The van der Waals surface area contributed by atoms with Crippen molar-refractivity contribution in [2.45, 2.75) is 38.3 Å². The highest BCUT2D eigenvalue weighted by Gasteiger charge is 2.26. The number of rotatable bonds is 3. The number of para-hydroxylation sites is 1. The summed E-state index contributed by atoms with van der Waals surface area (Å²) in [5.74, 6) is -0.194. The zero-order chi connectivity index (χ0) is 18.8. The zero-order valence-corrected chi connectivity index (χ0v) is 15.3. The van der Waals surface area contributed by atoms with Crippen LogP contribution in [0.1, 0.15) is 46.9 Å². The Bertz CT molecular complexity index is 978. The van der Waals surface area contributed by atoms with Gasteiger partial charge in [0.15, 0.2) is 0 Å². The van der Waals surface area contributed by atoms with Gasteiger partial charge in [-0.2, -0.15) is 0 Å². The van der Waals surface area contributed by atoms with Crippen molar-refractivity contribution in [3.8, 4) is 0 Å². The molecule has 5 nitrogen and oxygen atoms in total. The quantitative estimate of drug-likeness (QED) is 0.667. The van der Waals surface area contributed by atoms with Gasteiger partial charge in [-0.25, -0.2) is 0 Å². The van der Waals surface area contributed by atoms with Gasteiger partial charge in [0.2, 0.25) is 5.91 Å². The summed E-state index contributed by atoms with van der Waals surface area (Å²) in [5.41, 5.74) is 3.71. The van der Waals surface area contributed by atoms with Crippen molar-refractivity contribution in [2.75, 3.05) is 0 Å². The molecule has 4 rings (SSSR count). The van der Waals surface area contributed by atoms with Crippen molar-refractivity contribution in [1.82, 2.24) is 15.6 Å². The first kappa shape index (κ1) is 17.3. The lowest BCUT2D eigenvalue weighted by Crippen LogP contribution is -2.37. The van der Waals surface area contributed by atoms with E-state index in [4.69, 9.17) is 0 Å². The normalized spacial score (nSPS) is 20.1. The number of aromatic amines is 1. The largest absolute Gasteiger partial charge is 0.350 e. The molecule has 0 saturated carbocycles. The number of hydrogen-bond donors (Lipinski definition) is 3. The molecule has 1 aliphatic rings. The fourth-order valence-electron chi connectivity index (χ4n) is 3.77. The number of H-pyrrole nitrogens is 1. The minimum absolute atomic E-state index is 0.00340. The molecular formula is C22H23N3O2. The van der Waals surface area contributed by atoms with Crippen molar-refractivity contribution in [1.29, 1.82) is 0 Å². The number of carbonyl (C=O) groups is 2. The molecule has 27 heavy (non-hydrogen) atoms. The molecule has 2 heterocycles. The maximum Gasteiger partial charge on any atom is 0.267 e. The van der Waals surface area contributed by atoms with Gasteiger partial charge in [0.1, 0.15) is 5.69 Å². The highest BCUT2D eigenvalue weighted by atomic mass is 16.2. The number of nitrogens with one attached hydrogen (secondary N) is 3. The van der Waals surface area contributed by atoms with Crippen molar-refractivity contribution in [3.05, 3.63) is 71.4 Å². The van der Waals surface area contributed by atoms with Gasteiger partial charge >= 0.3 is 0 Å². The Morgan fingerprint density at radius 3 is 2.67 bits per heavy atom. The molecule has 1 fully saturated rings. The summed E-state index contributed by atoms with van der Waals surface area (Å²) in [6.45, 7) is 2.01. The number of hydrogen-bond acceptors (Lipinski definition) is 2. The summed E-state index contributed by atoms with van der Waals surface area (Å²) in [5, 5.41) is 7.11. The minimum atomic E-state index is -0.168. The Labute approximate surface area is 158 Å². The third-order valence-electron chi connectivity index (χ3n) is 5.22. The van der Waals surface area contributed by atoms with E-state index in [9.17, 15) is 9.59 Å². The van der Waals surface area contributed by atoms with Crippen LogP contribution >= 0.6 is 0 Å². The van der Waals surface area contributed by atoms with Gasteiger partial charge in [0.25, 0.3) is 5.91 Å². The van der Waals surface area contributed by atoms with Crippen molar-refractivity contribution >= 4 is 22.7 Å². The fraction of sp³-hybridized carbons (Fsp3) is 0.273. The molecule has 2 aromatic carbocycles. The van der Waals surface area contributed by atoms with Gasteiger partial charge in [-0.1, -0.05) is 48.5 Å². The number of carbonyl (C=O) groups excluding carboxylic acids is 2. The van der Waals surface area contributed by atoms with E-state index in [0.29, 0.717) is 12.1 Å². The van der Waals surface area contributed by atoms with Gasteiger partial charge in [0.05, 0.1) is 6.04 Å². The van der Waals surface area contributed by atoms with Crippen LogP contribution in [0.5, 0.6) is 0 Å². The number of amides is 2. The Kier molecular flexibility index (Phi) is 4.67. The second-order valence-corrected chi connectivity index (χ2v) is 7.20. The third kappa shape index (κ3) is 3.72. The van der Waals surface area contributed by atoms with E-state index in [1.807, 2.05) is 61.5 Å². The van der Waals surface area contributed by atoms with Crippen LogP contribution < -0.4 is 10.6 Å². The molecular weight excluding hydrogens is 338 g/mol. The topological polar surface area (TPSA) is 74.0 Å². The molecule has 3 N–H and O–H groups in total. The molecule has 3 aromatic rings. The molecule has 0 aliphatic carbocycles. The molecule has 5 heteroatoms. The fourth-order valence-corrected chi connectivity index (χ4v) is 3.77. The number of fused-ring (bicyclic) bond motifs is 1. The molecule has 138 valence electrons. The van der Waals surface area contributed by atoms with E-state index < -0.39 is 0 Å². The highest BCUT2D eigenvalue weighted by Crippen LogP contribution is 2.24. The van der Waals surface area contributed by atoms with Gasteiger partial charge in [-0.3, -0.25) is 9.59 Å². The van der Waals surface area contributed by atoms with Crippen LogP contribution in [-0.2, 0) is 4.79 Å². The van der Waals surface area contributed by atoms with Crippen molar-refractivity contribution < 1.29 is 9.59 Å². The van der Waals surface area contributed by atoms with Crippen LogP contribution in [0.3, 0.4) is 0 Å². The first-order chi connectivity index (χ1) is 13.1. The molecule has 1 saturated heterocycles. The maximum absolute atomic E-state index is 12.7. The van der Waals surface area contributed by atoms with Crippen molar-refractivity contribution in [2.24, 2.45) is 0 Å². The van der Waals surface area contributed by atoms with Crippen LogP contribution in [0.15, 0.2) is 54.6 Å². The monoisotopic (exact) mass is 361 g/mol. The summed E-state index contributed by atoms with van der Waals surface area (Å²) in [7, 11) is 0. The lowest BCUT2D eigenvalue weighted by Gasteiger charge is -2.16. The second kappa shape index (κ2) is 7.27. The summed E-state index contributed by atoms with van der Waals surface area (Å²) < 4.78 is 0. The van der Waals surface area contributed by atoms with Gasteiger partial charge in [0, 0.05) is 23.4 Å². The summed E-state index contributed by atoms with van der Waals surface area (Å²) in [4.78, 5) is 28.2. The minimum Gasteiger partial charge on any atom is -0.350 e. The average molecular weight is 361 g/mol. The summed E-state index contributed by atoms with van der Waals surface area (Å²) in [6.07, 6.45) is 1.85. The highest BCUT2D eigenvalue weighted by molar-refractivity contribution is 5.99. The number of benzene rings is 2. The number of aryl methyl sites for hydroxylation is 1. The SMILES string of the molecule is Cc1cccc2cc(C(=O)NC3CCC(c4ccccc4)NC(=O)C3)[nH]c12. The van der Waals surface area contributed by atoms with E-state index >= 15 is 0 Å². The van der Waals surface area contributed by atoms with E-state index in [2.05, 4.69) is 15.6 Å². The molecule has 0 spiro atoms. The Morgan fingerprint density at radius 1 is 1.07 bits per heavy atom. The van der Waals surface area contributed by atoms with E-state index in [0.717, 1.165) is 34.9 Å². The van der Waals surface area contributed by atoms with Gasteiger partial charge in [-0.15, -0.1) is 0 Å². The predicted octanol–water partition coefficient (Wildman–Crippen LogP) is 3.62. The Balaban J connectivity index is 1.46. The molecule has 2 unspecified atom stereocenters. The molecule has 2 amide bonds. The zero-order valence-electron chi connectivity index (χ0n) is 15.3. The standard InChI is InChI=1S/C22H23N3O2/c1-14-6-5-9-16-12-19(25-21(14)16)22(27)23-17-10-11-18(24-20(26)13-17)15-7-3-2-4-8-15/h2-9,12,17-18,25H,10-11,13H2,1H3,(H,23,27)(H,24,26). The predicted molar refractivity (Wildman–Crippen MR) is 105 cm³/mol. The number of aromatic nitrogens is 1. The average Bonchev–Trinajstić information content (AvgIpc) is 3.03. The molecule has 1 aromatic heterocycles. The van der Waals surface area contributed by atoms with E-state index in [1.54, 1.807) is 0 Å². The van der Waals surface area contributed by atoms with E-state index in [-0.39, 0.29) is 23.9 Å². The van der Waals surface area contributed by atoms with Crippen LogP contribution in [0.4, 0.5) is 0 Å². The molecule has 1 aliphatic heterocycles. The first-order valence-corrected chi connectivity index (χ1v) is 9.33. The van der Waals surface area contributed by atoms with Crippen molar-refractivity contribution in [3.63, 3.8) is 0 Å².